The highest BCUT2D eigenvalue weighted by atomic mass is 16.4. The van der Waals surface area contributed by atoms with Gasteiger partial charge in [-0.05, 0) is 18.1 Å². The fourth-order valence-electron chi connectivity index (χ4n) is 2.15. The molecule has 0 spiro atoms. The van der Waals surface area contributed by atoms with Gasteiger partial charge in [0.25, 0.3) is 0 Å². The number of nitrogens with one attached hydrogen (secondary N) is 3. The van der Waals surface area contributed by atoms with Crippen molar-refractivity contribution >= 4 is 24.1 Å². The van der Waals surface area contributed by atoms with Gasteiger partial charge in [0.2, 0.25) is 11.8 Å². The van der Waals surface area contributed by atoms with Gasteiger partial charge in [-0.1, -0.05) is 6.07 Å². The summed E-state index contributed by atoms with van der Waals surface area (Å²) in [7, 11) is 0. The molecule has 26 heavy (non-hydrogen) atoms. The molecule has 0 fully saturated rings. The molecule has 1 unspecified atom stereocenters. The second-order valence-corrected chi connectivity index (χ2v) is 5.44. The average molecular weight is 364 g/mol. The first-order chi connectivity index (χ1) is 12.5. The molecule has 0 bridgehead atoms. The van der Waals surface area contributed by atoms with Crippen LogP contribution in [-0.2, 0) is 14.4 Å². The zero-order chi connectivity index (χ0) is 19.2. The molecule has 0 aliphatic rings. The third-order valence-corrected chi connectivity index (χ3v) is 3.37. The van der Waals surface area contributed by atoms with Crippen LogP contribution in [0.4, 0.5) is 0 Å². The third-order valence-electron chi connectivity index (χ3n) is 3.37. The number of hydrogen-bond acceptors (Lipinski definition) is 6. The highest BCUT2D eigenvalue weighted by molar-refractivity contribution is 5.79. The molecule has 6 N–H and O–H groups in total. The van der Waals surface area contributed by atoms with E-state index in [1.807, 2.05) is 0 Å². The van der Waals surface area contributed by atoms with Crippen molar-refractivity contribution in [1.29, 1.82) is 0 Å². The van der Waals surface area contributed by atoms with Gasteiger partial charge in [-0.25, -0.2) is 0 Å². The minimum atomic E-state index is -1.03. The number of carboxylic acid groups (broad SMARTS) is 1. The largest absolute Gasteiger partial charge is 0.481 e. The number of hydrogen-bond donors (Lipinski definition) is 5. The molecule has 0 aromatic carbocycles. The maximum Gasteiger partial charge on any atom is 0.305 e. The van der Waals surface area contributed by atoms with Crippen LogP contribution in [0.3, 0.4) is 0 Å². The molecule has 1 aromatic rings. The number of carbonyl (C=O) groups is 3. The Morgan fingerprint density at radius 2 is 2.08 bits per heavy atom. The van der Waals surface area contributed by atoms with Gasteiger partial charge in [0, 0.05) is 38.3 Å². The quantitative estimate of drug-likeness (QED) is 0.110. The molecule has 1 heterocycles. The maximum atomic E-state index is 12.0. The van der Waals surface area contributed by atoms with Crippen molar-refractivity contribution in [1.82, 2.24) is 20.9 Å². The summed E-state index contributed by atoms with van der Waals surface area (Å²) in [5.41, 5.74) is 0.612. The van der Waals surface area contributed by atoms with E-state index < -0.39 is 12.0 Å². The van der Waals surface area contributed by atoms with Crippen molar-refractivity contribution in [2.75, 3.05) is 13.1 Å². The van der Waals surface area contributed by atoms with Gasteiger partial charge in [0.05, 0.1) is 12.5 Å². The average Bonchev–Trinajstić information content (AvgIpc) is 2.61. The van der Waals surface area contributed by atoms with Crippen LogP contribution < -0.4 is 21.8 Å². The number of hydrazone groups is 1. The molecule has 0 radical (unpaired) electrons. The van der Waals surface area contributed by atoms with Gasteiger partial charge < -0.3 is 26.9 Å². The number of pyridine rings is 1. The van der Waals surface area contributed by atoms with Crippen molar-refractivity contribution in [3.05, 3.63) is 30.1 Å². The Morgan fingerprint density at radius 1 is 1.27 bits per heavy atom. The summed E-state index contributed by atoms with van der Waals surface area (Å²) in [6, 6.07) is 2.70. The Hall–Kier alpha value is -3.17. The van der Waals surface area contributed by atoms with E-state index in [0.29, 0.717) is 24.9 Å². The van der Waals surface area contributed by atoms with Gasteiger partial charge >= 0.3 is 5.97 Å². The topological polar surface area (TPSA) is 159 Å². The molecule has 0 saturated carbocycles. The Kier molecular flexibility index (Phi) is 9.82. The summed E-state index contributed by atoms with van der Waals surface area (Å²) in [6.45, 7) is 0.742. The number of aromatic nitrogens is 1. The molecule has 10 heteroatoms. The summed E-state index contributed by atoms with van der Waals surface area (Å²) >= 11 is 0. The first kappa shape index (κ1) is 20.9. The van der Waals surface area contributed by atoms with E-state index in [1.165, 1.54) is 12.5 Å². The number of carboxylic acids is 1. The van der Waals surface area contributed by atoms with Crippen LogP contribution in [0.25, 0.3) is 0 Å². The minimum absolute atomic E-state index is 0.0558. The van der Waals surface area contributed by atoms with Gasteiger partial charge in [0.1, 0.15) is 6.34 Å². The second kappa shape index (κ2) is 12.2. The summed E-state index contributed by atoms with van der Waals surface area (Å²) in [4.78, 5) is 38.6. The minimum Gasteiger partial charge on any atom is -0.481 e. The molecular formula is C16H24N6O4. The molecular weight excluding hydrogens is 340 g/mol. The number of rotatable bonds is 12. The molecule has 1 atom stereocenters. The third kappa shape index (κ3) is 9.21. The lowest BCUT2D eigenvalue weighted by atomic mass is 10.1. The Labute approximate surface area is 151 Å². The van der Waals surface area contributed by atoms with E-state index in [0.717, 1.165) is 0 Å². The van der Waals surface area contributed by atoms with Crippen LogP contribution >= 0.6 is 0 Å². The van der Waals surface area contributed by atoms with Crippen molar-refractivity contribution in [2.24, 2.45) is 10.9 Å². The normalized spacial score (nSPS) is 11.7. The van der Waals surface area contributed by atoms with Crippen LogP contribution in [0.2, 0.25) is 0 Å². The van der Waals surface area contributed by atoms with Crippen molar-refractivity contribution < 1.29 is 19.5 Å². The zero-order valence-electron chi connectivity index (χ0n) is 14.4. The van der Waals surface area contributed by atoms with Gasteiger partial charge in [0.15, 0.2) is 0 Å². The molecule has 0 aliphatic carbocycles. The van der Waals surface area contributed by atoms with Crippen LogP contribution in [0, 0.1) is 0 Å². The van der Waals surface area contributed by atoms with Crippen molar-refractivity contribution in [2.45, 2.75) is 31.7 Å². The number of nitrogens with two attached hydrogens (primary N) is 1. The Morgan fingerprint density at radius 3 is 2.73 bits per heavy atom. The van der Waals surface area contributed by atoms with E-state index in [9.17, 15) is 14.4 Å². The summed E-state index contributed by atoms with van der Waals surface area (Å²) < 4.78 is 0. The fourth-order valence-corrected chi connectivity index (χ4v) is 2.15. The highest BCUT2D eigenvalue weighted by Crippen LogP contribution is 2.15. The van der Waals surface area contributed by atoms with Crippen molar-refractivity contribution in [3.63, 3.8) is 0 Å². The second-order valence-electron chi connectivity index (χ2n) is 5.44. The van der Waals surface area contributed by atoms with Crippen molar-refractivity contribution in [3.8, 4) is 0 Å². The lowest BCUT2D eigenvalue weighted by molar-refractivity contribution is -0.137. The number of aliphatic carboxylic acids is 1. The molecule has 1 aromatic heterocycles. The first-order valence-electron chi connectivity index (χ1n) is 8.15. The Balaban J connectivity index is 2.32. The standard InChI is InChI=1S/C16H24N6O4/c17-21-11-19-7-2-4-14(23)20-8-5-15(24)22-13(9-16(25)26)12-3-1-6-18-10-12/h1,3,6,10-11,13H,2,4-5,7-9,17H2,(H,19,21)(H,20,23)(H,22,24)(H,25,26). The smallest absolute Gasteiger partial charge is 0.305 e. The van der Waals surface area contributed by atoms with Gasteiger partial charge in [-0.2, -0.15) is 5.10 Å². The summed E-state index contributed by atoms with van der Waals surface area (Å²) in [5, 5.41) is 20.4. The van der Waals surface area contributed by atoms with E-state index in [-0.39, 0.29) is 31.2 Å². The van der Waals surface area contributed by atoms with Crippen LogP contribution in [0.1, 0.15) is 37.3 Å². The SMILES string of the molecule is NN=CNCCCC(=O)NCCC(=O)NC(CC(=O)O)c1cccnc1. The maximum absolute atomic E-state index is 12.0. The molecule has 1 rings (SSSR count). The lowest BCUT2D eigenvalue weighted by Gasteiger charge is -2.17. The van der Waals surface area contributed by atoms with Crippen LogP contribution in [0.5, 0.6) is 0 Å². The van der Waals surface area contributed by atoms with E-state index in [2.05, 4.69) is 26.0 Å². The predicted molar refractivity (Wildman–Crippen MR) is 94.9 cm³/mol. The lowest BCUT2D eigenvalue weighted by Crippen LogP contribution is -2.34. The van der Waals surface area contributed by atoms with E-state index in [4.69, 9.17) is 10.9 Å². The summed E-state index contributed by atoms with van der Waals surface area (Å²) in [5.74, 6) is 3.38. The van der Waals surface area contributed by atoms with Crippen LogP contribution in [-0.4, -0.2) is 47.3 Å². The van der Waals surface area contributed by atoms with E-state index >= 15 is 0 Å². The molecule has 2 amide bonds. The number of nitrogens with zero attached hydrogens (tertiary/aromatic N) is 2. The highest BCUT2D eigenvalue weighted by Gasteiger charge is 2.18. The first-order valence-corrected chi connectivity index (χ1v) is 8.15. The van der Waals surface area contributed by atoms with Crippen LogP contribution in [0.15, 0.2) is 29.6 Å². The Bertz CT molecular complexity index is 608. The zero-order valence-corrected chi connectivity index (χ0v) is 14.4. The molecule has 0 aliphatic heterocycles. The fraction of sp³-hybridized carbons (Fsp3) is 0.438. The molecule has 0 saturated heterocycles. The van der Waals surface area contributed by atoms with Gasteiger partial charge in [-0.15, -0.1) is 0 Å². The number of carbonyl (C=O) groups excluding carboxylic acids is 2. The predicted octanol–water partition coefficient (Wildman–Crippen LogP) is -0.508. The monoisotopic (exact) mass is 364 g/mol. The van der Waals surface area contributed by atoms with Gasteiger partial charge in [-0.3, -0.25) is 19.4 Å². The molecule has 142 valence electrons. The van der Waals surface area contributed by atoms with E-state index in [1.54, 1.807) is 18.3 Å². The molecule has 10 nitrogen and oxygen atoms in total. The number of amides is 2. The summed E-state index contributed by atoms with van der Waals surface area (Å²) in [6.07, 6.45) is 5.15.